The molecule has 156 valence electrons. The van der Waals surface area contributed by atoms with E-state index in [-0.39, 0.29) is 29.9 Å². The second-order valence-corrected chi connectivity index (χ2v) is 7.58. The maximum atomic E-state index is 13.3. The second-order valence-electron chi connectivity index (χ2n) is 7.58. The fourth-order valence-electron chi connectivity index (χ4n) is 4.52. The molecule has 1 N–H and O–H groups in total. The molecule has 30 heavy (non-hydrogen) atoms. The van der Waals surface area contributed by atoms with Crippen LogP contribution in [0.5, 0.6) is 17.2 Å². The summed E-state index contributed by atoms with van der Waals surface area (Å²) in [5.74, 6) is 1.58. The molecule has 1 aliphatic heterocycles. The molecule has 2 aliphatic rings. The first-order valence-electron chi connectivity index (χ1n) is 9.96. The first-order chi connectivity index (χ1) is 14.5. The highest BCUT2D eigenvalue weighted by atomic mass is 16.5. The second kappa shape index (κ2) is 8.22. The van der Waals surface area contributed by atoms with Gasteiger partial charge in [0.2, 0.25) is 5.91 Å². The normalized spacial score (nSPS) is 21.0. The standard InChI is InChI=1S/C24H25NO5/c1-28-16-9-7-14(8-10-16)15-11-19-23(20(26)12-15)18(13-22(27)25-19)17-5-4-6-21(29-2)24(17)30-3/h4-10,15,18H,11-13H2,1-3H3,(H,25,27)/t15-,18-/m0/s1. The van der Waals surface area contributed by atoms with E-state index in [0.29, 0.717) is 29.9 Å². The molecule has 1 heterocycles. The van der Waals surface area contributed by atoms with Crippen LogP contribution in [0.2, 0.25) is 0 Å². The van der Waals surface area contributed by atoms with Crippen molar-refractivity contribution in [3.8, 4) is 17.2 Å². The average Bonchev–Trinajstić information content (AvgIpc) is 2.77. The van der Waals surface area contributed by atoms with Gasteiger partial charge in [-0.25, -0.2) is 0 Å². The van der Waals surface area contributed by atoms with Gasteiger partial charge in [0.25, 0.3) is 0 Å². The van der Waals surface area contributed by atoms with Crippen LogP contribution in [0.1, 0.15) is 42.2 Å². The number of methoxy groups -OCH3 is 3. The van der Waals surface area contributed by atoms with E-state index < -0.39 is 0 Å². The summed E-state index contributed by atoms with van der Waals surface area (Å²) < 4.78 is 16.2. The molecule has 2 aromatic rings. The Labute approximate surface area is 175 Å². The molecule has 0 aromatic heterocycles. The summed E-state index contributed by atoms with van der Waals surface area (Å²) in [6.07, 6.45) is 1.23. The minimum absolute atomic E-state index is 0.0217. The van der Waals surface area contributed by atoms with E-state index in [2.05, 4.69) is 5.32 Å². The molecule has 0 unspecified atom stereocenters. The number of hydrogen-bond acceptors (Lipinski definition) is 5. The van der Waals surface area contributed by atoms with Gasteiger partial charge in [-0.15, -0.1) is 0 Å². The molecule has 0 radical (unpaired) electrons. The lowest BCUT2D eigenvalue weighted by atomic mass is 9.73. The highest BCUT2D eigenvalue weighted by molar-refractivity contribution is 6.02. The molecule has 6 heteroatoms. The Morgan fingerprint density at radius 3 is 2.30 bits per heavy atom. The number of ether oxygens (including phenoxy) is 3. The van der Waals surface area contributed by atoms with Crippen LogP contribution in [-0.2, 0) is 9.59 Å². The molecular formula is C24H25NO5. The fourth-order valence-corrected chi connectivity index (χ4v) is 4.52. The van der Waals surface area contributed by atoms with Crippen molar-refractivity contribution >= 4 is 11.7 Å². The number of allylic oxidation sites excluding steroid dienone is 2. The molecule has 0 saturated heterocycles. The number of benzene rings is 2. The van der Waals surface area contributed by atoms with Gasteiger partial charge >= 0.3 is 0 Å². The number of nitrogens with one attached hydrogen (secondary N) is 1. The molecule has 0 fully saturated rings. The monoisotopic (exact) mass is 407 g/mol. The summed E-state index contributed by atoms with van der Waals surface area (Å²) in [7, 11) is 4.77. The van der Waals surface area contributed by atoms with Crippen molar-refractivity contribution in [2.24, 2.45) is 0 Å². The number of hydrogen-bond donors (Lipinski definition) is 1. The lowest BCUT2D eigenvalue weighted by Gasteiger charge is -2.35. The van der Waals surface area contributed by atoms with Gasteiger partial charge in [0.15, 0.2) is 17.3 Å². The Hall–Kier alpha value is -3.28. The van der Waals surface area contributed by atoms with E-state index in [1.165, 1.54) is 0 Å². The Morgan fingerprint density at radius 1 is 0.867 bits per heavy atom. The number of Topliss-reactive ketones (excluding diaryl/α,β-unsaturated/α-hetero) is 1. The first kappa shape index (κ1) is 20.0. The van der Waals surface area contributed by atoms with Gasteiger partial charge in [0, 0.05) is 35.6 Å². The van der Waals surface area contributed by atoms with Crippen molar-refractivity contribution in [3.05, 3.63) is 64.9 Å². The SMILES string of the molecule is COc1ccc([C@@H]2CC(=O)C3=C(C2)NC(=O)C[C@H]3c2cccc(OC)c2OC)cc1. The molecule has 0 bridgehead atoms. The van der Waals surface area contributed by atoms with Gasteiger partial charge in [0.05, 0.1) is 21.3 Å². The summed E-state index contributed by atoms with van der Waals surface area (Å²) in [6.45, 7) is 0. The first-order valence-corrected chi connectivity index (χ1v) is 9.96. The van der Waals surface area contributed by atoms with Crippen LogP contribution in [0.25, 0.3) is 0 Å². The van der Waals surface area contributed by atoms with Gasteiger partial charge in [-0.2, -0.15) is 0 Å². The van der Waals surface area contributed by atoms with Crippen LogP contribution >= 0.6 is 0 Å². The topological polar surface area (TPSA) is 73.9 Å². The van der Waals surface area contributed by atoms with Crippen molar-refractivity contribution in [3.63, 3.8) is 0 Å². The van der Waals surface area contributed by atoms with Crippen molar-refractivity contribution < 1.29 is 23.8 Å². The van der Waals surface area contributed by atoms with Gasteiger partial charge in [-0.1, -0.05) is 24.3 Å². The van der Waals surface area contributed by atoms with Crippen LogP contribution in [0.4, 0.5) is 0 Å². The van der Waals surface area contributed by atoms with Crippen LogP contribution in [0.3, 0.4) is 0 Å². The molecule has 1 amide bonds. The van der Waals surface area contributed by atoms with Gasteiger partial charge in [-0.3, -0.25) is 9.59 Å². The number of carbonyl (C=O) groups is 2. The summed E-state index contributed by atoms with van der Waals surface area (Å²) in [5.41, 5.74) is 3.27. The summed E-state index contributed by atoms with van der Waals surface area (Å²) in [4.78, 5) is 25.8. The average molecular weight is 407 g/mol. The van der Waals surface area contributed by atoms with Crippen LogP contribution < -0.4 is 19.5 Å². The third-order valence-electron chi connectivity index (χ3n) is 5.93. The Bertz CT molecular complexity index is 1010. The number of para-hydroxylation sites is 1. The van der Waals surface area contributed by atoms with E-state index in [1.54, 1.807) is 21.3 Å². The Kier molecular flexibility index (Phi) is 5.48. The number of carbonyl (C=O) groups excluding carboxylic acids is 2. The predicted octanol–water partition coefficient (Wildman–Crippen LogP) is 3.72. The van der Waals surface area contributed by atoms with E-state index in [0.717, 1.165) is 22.6 Å². The van der Waals surface area contributed by atoms with Crippen LogP contribution in [0, 0.1) is 0 Å². The predicted molar refractivity (Wildman–Crippen MR) is 112 cm³/mol. The van der Waals surface area contributed by atoms with E-state index in [4.69, 9.17) is 14.2 Å². The molecule has 2 aromatic carbocycles. The molecule has 6 nitrogen and oxygen atoms in total. The summed E-state index contributed by atoms with van der Waals surface area (Å²) in [5, 5.41) is 2.96. The van der Waals surface area contributed by atoms with Crippen molar-refractivity contribution in [1.82, 2.24) is 5.32 Å². The maximum Gasteiger partial charge on any atom is 0.225 e. The highest BCUT2D eigenvalue weighted by Gasteiger charge is 2.39. The lowest BCUT2D eigenvalue weighted by molar-refractivity contribution is -0.122. The Balaban J connectivity index is 1.73. The number of ketones is 1. The van der Waals surface area contributed by atoms with Gasteiger partial charge < -0.3 is 19.5 Å². The quantitative estimate of drug-likeness (QED) is 0.818. The third kappa shape index (κ3) is 3.54. The molecular weight excluding hydrogens is 382 g/mol. The lowest BCUT2D eigenvalue weighted by Crippen LogP contribution is -2.38. The smallest absolute Gasteiger partial charge is 0.225 e. The van der Waals surface area contributed by atoms with Crippen molar-refractivity contribution in [1.29, 1.82) is 0 Å². The zero-order valence-electron chi connectivity index (χ0n) is 17.4. The highest BCUT2D eigenvalue weighted by Crippen LogP contribution is 2.46. The summed E-state index contributed by atoms with van der Waals surface area (Å²) >= 11 is 0. The molecule has 1 aliphatic carbocycles. The largest absolute Gasteiger partial charge is 0.497 e. The molecule has 0 spiro atoms. The van der Waals surface area contributed by atoms with E-state index in [1.807, 2.05) is 42.5 Å². The fraction of sp³-hybridized carbons (Fsp3) is 0.333. The zero-order chi connectivity index (χ0) is 21.3. The van der Waals surface area contributed by atoms with Gasteiger partial charge in [0.1, 0.15) is 5.75 Å². The van der Waals surface area contributed by atoms with Gasteiger partial charge in [-0.05, 0) is 36.1 Å². The number of amides is 1. The maximum absolute atomic E-state index is 13.3. The minimum Gasteiger partial charge on any atom is -0.497 e. The van der Waals surface area contributed by atoms with Crippen LogP contribution in [0.15, 0.2) is 53.7 Å². The molecule has 4 rings (SSSR count). The Morgan fingerprint density at radius 2 is 1.63 bits per heavy atom. The van der Waals surface area contributed by atoms with E-state index >= 15 is 0 Å². The van der Waals surface area contributed by atoms with E-state index in [9.17, 15) is 9.59 Å². The van der Waals surface area contributed by atoms with Crippen molar-refractivity contribution in [2.45, 2.75) is 31.1 Å². The minimum atomic E-state index is -0.344. The van der Waals surface area contributed by atoms with Crippen molar-refractivity contribution in [2.75, 3.05) is 21.3 Å². The summed E-state index contributed by atoms with van der Waals surface area (Å²) in [6, 6.07) is 13.3. The molecule has 0 saturated carbocycles. The zero-order valence-corrected chi connectivity index (χ0v) is 17.4. The third-order valence-corrected chi connectivity index (χ3v) is 5.93. The molecule has 2 atom stereocenters. The van der Waals surface area contributed by atoms with Crippen LogP contribution in [-0.4, -0.2) is 33.0 Å². The number of rotatable bonds is 5.